The molecule has 0 unspecified atom stereocenters. The largest absolute Gasteiger partial charge is 0.331 e. The van der Waals surface area contributed by atoms with E-state index >= 15 is 0 Å². The van der Waals surface area contributed by atoms with Crippen LogP contribution in [0.2, 0.25) is 0 Å². The van der Waals surface area contributed by atoms with Crippen molar-refractivity contribution in [2.75, 3.05) is 13.1 Å². The maximum Gasteiger partial charge on any atom is 0.246 e. The van der Waals surface area contributed by atoms with E-state index in [4.69, 9.17) is 0 Å². The van der Waals surface area contributed by atoms with Gasteiger partial charge in [-0.15, -0.1) is 0 Å². The molecule has 0 bridgehead atoms. The van der Waals surface area contributed by atoms with Crippen molar-refractivity contribution < 1.29 is 9.59 Å². The van der Waals surface area contributed by atoms with Crippen LogP contribution in [0.1, 0.15) is 16.7 Å². The summed E-state index contributed by atoms with van der Waals surface area (Å²) in [6.45, 7) is 1.35. The lowest BCUT2D eigenvalue weighted by molar-refractivity contribution is -0.157. The van der Waals surface area contributed by atoms with Gasteiger partial charge in [0.1, 0.15) is 6.04 Å². The van der Waals surface area contributed by atoms with Crippen LogP contribution >= 0.6 is 0 Å². The van der Waals surface area contributed by atoms with Crippen LogP contribution in [-0.2, 0) is 29.0 Å². The maximum absolute atomic E-state index is 12.9. The first-order valence-electron chi connectivity index (χ1n) is 8.41. The second kappa shape index (κ2) is 6.11. The molecule has 122 valence electrons. The van der Waals surface area contributed by atoms with Crippen LogP contribution < -0.4 is 0 Å². The highest BCUT2D eigenvalue weighted by atomic mass is 16.2. The summed E-state index contributed by atoms with van der Waals surface area (Å²) < 4.78 is 0. The van der Waals surface area contributed by atoms with Crippen molar-refractivity contribution >= 4 is 11.8 Å². The van der Waals surface area contributed by atoms with Crippen LogP contribution in [0.25, 0.3) is 0 Å². The van der Waals surface area contributed by atoms with Gasteiger partial charge in [0.2, 0.25) is 11.8 Å². The molecule has 1 saturated heterocycles. The monoisotopic (exact) mass is 320 g/mol. The summed E-state index contributed by atoms with van der Waals surface area (Å²) in [5.41, 5.74) is 3.53. The predicted octanol–water partition coefficient (Wildman–Crippen LogP) is 2.02. The molecule has 0 aromatic heterocycles. The highest BCUT2D eigenvalue weighted by Gasteiger charge is 2.41. The summed E-state index contributed by atoms with van der Waals surface area (Å²) in [5, 5.41) is 0. The van der Waals surface area contributed by atoms with Gasteiger partial charge in [-0.2, -0.15) is 0 Å². The first-order chi connectivity index (χ1) is 11.7. The summed E-state index contributed by atoms with van der Waals surface area (Å²) in [6.07, 6.45) is 1.41. The second-order valence-corrected chi connectivity index (χ2v) is 6.51. The van der Waals surface area contributed by atoms with Crippen molar-refractivity contribution in [2.45, 2.75) is 25.4 Å². The number of hydrogen-bond acceptors (Lipinski definition) is 2. The van der Waals surface area contributed by atoms with E-state index in [0.29, 0.717) is 19.5 Å². The molecule has 2 aliphatic heterocycles. The number of benzene rings is 2. The van der Waals surface area contributed by atoms with Gasteiger partial charge in [-0.25, -0.2) is 0 Å². The third-order valence-corrected chi connectivity index (χ3v) is 5.00. The van der Waals surface area contributed by atoms with E-state index in [1.165, 1.54) is 11.1 Å². The topological polar surface area (TPSA) is 40.6 Å². The maximum atomic E-state index is 12.9. The Morgan fingerprint density at radius 3 is 2.38 bits per heavy atom. The first-order valence-corrected chi connectivity index (χ1v) is 8.41. The van der Waals surface area contributed by atoms with Gasteiger partial charge < -0.3 is 9.80 Å². The Bertz CT molecular complexity index is 772. The predicted molar refractivity (Wildman–Crippen MR) is 91.2 cm³/mol. The molecule has 2 heterocycles. The Morgan fingerprint density at radius 1 is 0.875 bits per heavy atom. The Kier molecular flexibility index (Phi) is 3.81. The zero-order chi connectivity index (χ0) is 16.5. The fourth-order valence-electron chi connectivity index (χ4n) is 3.65. The molecule has 2 aromatic rings. The molecular weight excluding hydrogens is 300 g/mol. The van der Waals surface area contributed by atoms with Crippen molar-refractivity contribution in [2.24, 2.45) is 0 Å². The minimum Gasteiger partial charge on any atom is -0.331 e. The molecule has 0 saturated carbocycles. The van der Waals surface area contributed by atoms with Gasteiger partial charge in [0.05, 0.1) is 6.54 Å². The van der Waals surface area contributed by atoms with Crippen molar-refractivity contribution in [3.05, 3.63) is 71.3 Å². The summed E-state index contributed by atoms with van der Waals surface area (Å²) in [4.78, 5) is 28.9. The number of rotatable bonds is 3. The van der Waals surface area contributed by atoms with E-state index in [-0.39, 0.29) is 24.4 Å². The smallest absolute Gasteiger partial charge is 0.246 e. The number of carbonyl (C=O) groups excluding carboxylic acids is 2. The number of nitrogens with zero attached hydrogens (tertiary/aromatic N) is 2. The van der Waals surface area contributed by atoms with Gasteiger partial charge in [-0.1, -0.05) is 54.6 Å². The number of hydrogen-bond donors (Lipinski definition) is 0. The van der Waals surface area contributed by atoms with Crippen molar-refractivity contribution in [3.8, 4) is 0 Å². The lowest BCUT2D eigenvalue weighted by Gasteiger charge is -2.43. The van der Waals surface area contributed by atoms with Gasteiger partial charge in [0, 0.05) is 19.5 Å². The minimum atomic E-state index is -0.336. The summed E-state index contributed by atoms with van der Waals surface area (Å²) in [5.74, 6) is 0.141. The number of piperazine rings is 1. The average Bonchev–Trinajstić information content (AvgIpc) is 2.63. The standard InChI is InChI=1S/C20H20N2O2/c23-19-14-21(11-10-15-6-2-1-3-7-15)20(24)18-12-16-8-4-5-9-17(16)13-22(18)19/h1-9,18H,10-14H2/t18-/m0/s1. The van der Waals surface area contributed by atoms with Crippen LogP contribution in [-0.4, -0.2) is 40.7 Å². The highest BCUT2D eigenvalue weighted by molar-refractivity contribution is 5.95. The normalized spacial score (nSPS) is 19.9. The molecule has 2 aliphatic rings. The quantitative estimate of drug-likeness (QED) is 0.868. The third-order valence-electron chi connectivity index (χ3n) is 5.00. The molecule has 1 fully saturated rings. The van der Waals surface area contributed by atoms with Crippen LogP contribution in [0.3, 0.4) is 0 Å². The molecule has 0 N–H and O–H groups in total. The molecule has 2 aromatic carbocycles. The minimum absolute atomic E-state index is 0.0576. The highest BCUT2D eigenvalue weighted by Crippen LogP contribution is 2.27. The van der Waals surface area contributed by atoms with E-state index in [0.717, 1.165) is 12.0 Å². The molecule has 4 rings (SSSR count). The van der Waals surface area contributed by atoms with E-state index in [2.05, 4.69) is 18.2 Å². The van der Waals surface area contributed by atoms with Crippen molar-refractivity contribution in [3.63, 3.8) is 0 Å². The zero-order valence-electron chi connectivity index (χ0n) is 13.5. The molecule has 0 spiro atoms. The fourth-order valence-corrected chi connectivity index (χ4v) is 3.65. The van der Waals surface area contributed by atoms with Crippen LogP contribution in [0.5, 0.6) is 0 Å². The number of amides is 2. The van der Waals surface area contributed by atoms with E-state index in [1.807, 2.05) is 36.4 Å². The van der Waals surface area contributed by atoms with Gasteiger partial charge in [-0.05, 0) is 23.1 Å². The van der Waals surface area contributed by atoms with Crippen LogP contribution in [0.15, 0.2) is 54.6 Å². The third kappa shape index (κ3) is 2.68. The summed E-state index contributed by atoms with van der Waals surface area (Å²) in [7, 11) is 0. The Hall–Kier alpha value is -2.62. The molecule has 4 heteroatoms. The second-order valence-electron chi connectivity index (χ2n) is 6.51. The Labute approximate surface area is 141 Å². The number of carbonyl (C=O) groups is 2. The average molecular weight is 320 g/mol. The van der Waals surface area contributed by atoms with Crippen LogP contribution in [0, 0.1) is 0 Å². The van der Waals surface area contributed by atoms with E-state index in [1.54, 1.807) is 9.80 Å². The van der Waals surface area contributed by atoms with Gasteiger partial charge in [0.25, 0.3) is 0 Å². The van der Waals surface area contributed by atoms with Crippen molar-refractivity contribution in [1.82, 2.24) is 9.80 Å². The lowest BCUT2D eigenvalue weighted by atomic mass is 9.91. The van der Waals surface area contributed by atoms with E-state index < -0.39 is 0 Å². The fraction of sp³-hybridized carbons (Fsp3) is 0.300. The van der Waals surface area contributed by atoms with E-state index in [9.17, 15) is 9.59 Å². The molecule has 24 heavy (non-hydrogen) atoms. The molecule has 1 atom stereocenters. The SMILES string of the molecule is O=C1[C@@H]2Cc3ccccc3CN2C(=O)CN1CCc1ccccc1. The van der Waals surface area contributed by atoms with Crippen LogP contribution in [0.4, 0.5) is 0 Å². The van der Waals surface area contributed by atoms with Gasteiger partial charge >= 0.3 is 0 Å². The zero-order valence-corrected chi connectivity index (χ0v) is 13.5. The molecule has 4 nitrogen and oxygen atoms in total. The Balaban J connectivity index is 1.51. The number of fused-ring (bicyclic) bond motifs is 2. The molecular formula is C20H20N2O2. The van der Waals surface area contributed by atoms with Gasteiger partial charge in [-0.3, -0.25) is 9.59 Å². The summed E-state index contributed by atoms with van der Waals surface area (Å²) >= 11 is 0. The lowest BCUT2D eigenvalue weighted by Crippen LogP contribution is -2.61. The first kappa shape index (κ1) is 14.9. The molecule has 0 radical (unpaired) electrons. The Morgan fingerprint density at radius 2 is 1.58 bits per heavy atom. The molecule has 2 amide bonds. The summed E-state index contributed by atoms with van der Waals surface area (Å²) in [6, 6.07) is 17.8. The van der Waals surface area contributed by atoms with Gasteiger partial charge in [0.15, 0.2) is 0 Å². The van der Waals surface area contributed by atoms with Crippen molar-refractivity contribution in [1.29, 1.82) is 0 Å². The molecule has 0 aliphatic carbocycles.